The van der Waals surface area contributed by atoms with Gasteiger partial charge in [-0.2, -0.15) is 0 Å². The lowest BCUT2D eigenvalue weighted by atomic mass is 10.3. The van der Waals surface area contributed by atoms with Crippen molar-refractivity contribution in [1.82, 2.24) is 4.57 Å². The lowest BCUT2D eigenvalue weighted by Crippen LogP contribution is -2.13. The van der Waals surface area contributed by atoms with Crippen molar-refractivity contribution in [1.29, 1.82) is 0 Å². The first-order valence-electron chi connectivity index (χ1n) is 5.01. The number of halogens is 1. The highest BCUT2D eigenvalue weighted by molar-refractivity contribution is 14.1. The predicted octanol–water partition coefficient (Wildman–Crippen LogP) is 3.00. The number of unbranched alkanes of at least 4 members (excludes halogenated alkanes) is 1. The fourth-order valence-corrected chi connectivity index (χ4v) is 2.04. The summed E-state index contributed by atoms with van der Waals surface area (Å²) in [7, 11) is 0. The van der Waals surface area contributed by atoms with E-state index in [4.69, 9.17) is 4.42 Å². The van der Waals surface area contributed by atoms with Crippen LogP contribution in [-0.4, -0.2) is 4.57 Å². The molecule has 0 unspecified atom stereocenters. The van der Waals surface area contributed by atoms with Crippen molar-refractivity contribution < 1.29 is 4.42 Å². The number of oxazole rings is 1. The number of hydrogen-bond acceptors (Lipinski definition) is 2. The predicted molar refractivity (Wildman–Crippen MR) is 68.1 cm³/mol. The second-order valence-electron chi connectivity index (χ2n) is 3.49. The second-order valence-corrected chi connectivity index (χ2v) is 4.73. The Kier molecular flexibility index (Phi) is 3.14. The van der Waals surface area contributed by atoms with Gasteiger partial charge in [0.25, 0.3) is 0 Å². The van der Waals surface area contributed by atoms with Gasteiger partial charge < -0.3 is 4.42 Å². The molecule has 0 spiro atoms. The third kappa shape index (κ3) is 2.09. The number of aryl methyl sites for hydroxylation is 1. The van der Waals surface area contributed by atoms with Crippen molar-refractivity contribution in [2.24, 2.45) is 0 Å². The molecule has 1 aromatic carbocycles. The van der Waals surface area contributed by atoms with E-state index < -0.39 is 0 Å². The Morgan fingerprint density at radius 2 is 2.27 bits per heavy atom. The molecule has 0 bridgehead atoms. The van der Waals surface area contributed by atoms with E-state index in [9.17, 15) is 4.79 Å². The number of nitrogens with zero attached hydrogens (tertiary/aromatic N) is 1. The number of hydrogen-bond donors (Lipinski definition) is 0. The molecule has 1 heterocycles. The van der Waals surface area contributed by atoms with Crippen LogP contribution in [-0.2, 0) is 6.54 Å². The minimum absolute atomic E-state index is 0.250. The Balaban J connectivity index is 2.55. The number of rotatable bonds is 3. The molecule has 0 aliphatic carbocycles. The van der Waals surface area contributed by atoms with E-state index in [0.29, 0.717) is 5.58 Å². The molecule has 0 aliphatic heterocycles. The molecule has 0 atom stereocenters. The third-order valence-electron chi connectivity index (χ3n) is 2.36. The maximum atomic E-state index is 11.5. The molecular weight excluding hydrogens is 305 g/mol. The summed E-state index contributed by atoms with van der Waals surface area (Å²) in [4.78, 5) is 11.5. The highest BCUT2D eigenvalue weighted by atomic mass is 127. The Morgan fingerprint density at radius 3 is 3.00 bits per heavy atom. The van der Waals surface area contributed by atoms with Crippen LogP contribution in [0.5, 0.6) is 0 Å². The lowest BCUT2D eigenvalue weighted by molar-refractivity contribution is 0.496. The number of aromatic nitrogens is 1. The molecular formula is C11H12INO2. The average molecular weight is 317 g/mol. The minimum Gasteiger partial charge on any atom is -0.408 e. The van der Waals surface area contributed by atoms with Crippen LogP contribution in [0, 0.1) is 3.57 Å². The van der Waals surface area contributed by atoms with Gasteiger partial charge in [-0.3, -0.25) is 4.57 Å². The summed E-state index contributed by atoms with van der Waals surface area (Å²) >= 11 is 2.23. The molecule has 0 saturated heterocycles. The van der Waals surface area contributed by atoms with Gasteiger partial charge >= 0.3 is 5.76 Å². The highest BCUT2D eigenvalue weighted by Gasteiger charge is 2.08. The monoisotopic (exact) mass is 317 g/mol. The van der Waals surface area contributed by atoms with Gasteiger partial charge in [0.15, 0.2) is 5.58 Å². The Morgan fingerprint density at radius 1 is 1.47 bits per heavy atom. The van der Waals surface area contributed by atoms with E-state index in [1.807, 2.05) is 18.2 Å². The molecule has 3 nitrogen and oxygen atoms in total. The first-order chi connectivity index (χ1) is 7.22. The molecule has 0 N–H and O–H groups in total. The molecule has 4 heteroatoms. The lowest BCUT2D eigenvalue weighted by Gasteiger charge is -1.99. The fraction of sp³-hybridized carbons (Fsp3) is 0.364. The van der Waals surface area contributed by atoms with Crippen molar-refractivity contribution in [3.63, 3.8) is 0 Å². The van der Waals surface area contributed by atoms with Crippen molar-refractivity contribution in [3.05, 3.63) is 32.3 Å². The molecule has 0 saturated carbocycles. The Bertz CT molecular complexity index is 527. The molecule has 2 rings (SSSR count). The van der Waals surface area contributed by atoms with Crippen molar-refractivity contribution in [2.45, 2.75) is 26.3 Å². The smallest absolute Gasteiger partial charge is 0.408 e. The quantitative estimate of drug-likeness (QED) is 0.816. The average Bonchev–Trinajstić information content (AvgIpc) is 2.51. The Labute approximate surface area is 101 Å². The van der Waals surface area contributed by atoms with Crippen molar-refractivity contribution in [2.75, 3.05) is 0 Å². The van der Waals surface area contributed by atoms with Gasteiger partial charge in [0.2, 0.25) is 0 Å². The van der Waals surface area contributed by atoms with Crippen LogP contribution in [0.1, 0.15) is 19.8 Å². The topological polar surface area (TPSA) is 35.1 Å². The van der Waals surface area contributed by atoms with Crippen LogP contribution in [0.4, 0.5) is 0 Å². The van der Waals surface area contributed by atoms with E-state index in [-0.39, 0.29) is 5.76 Å². The summed E-state index contributed by atoms with van der Waals surface area (Å²) < 4.78 is 7.98. The van der Waals surface area contributed by atoms with Gasteiger partial charge in [0.05, 0.1) is 5.52 Å². The van der Waals surface area contributed by atoms with Crippen molar-refractivity contribution in [3.8, 4) is 0 Å². The standard InChI is InChI=1S/C11H12INO2/c1-2-3-6-13-9-7-8(12)4-5-10(9)15-11(13)14/h4-5,7H,2-3,6H2,1H3. The maximum Gasteiger partial charge on any atom is 0.419 e. The molecule has 0 aliphatic rings. The summed E-state index contributed by atoms with van der Waals surface area (Å²) in [6.07, 6.45) is 2.07. The van der Waals surface area contributed by atoms with Gasteiger partial charge in [-0.1, -0.05) is 13.3 Å². The number of fused-ring (bicyclic) bond motifs is 1. The van der Waals surface area contributed by atoms with Crippen LogP contribution in [0.25, 0.3) is 11.1 Å². The van der Waals surface area contributed by atoms with Crippen LogP contribution >= 0.6 is 22.6 Å². The summed E-state index contributed by atoms with van der Waals surface area (Å²) in [6, 6.07) is 5.77. The van der Waals surface area contributed by atoms with Gasteiger partial charge in [-0.15, -0.1) is 0 Å². The largest absolute Gasteiger partial charge is 0.419 e. The summed E-state index contributed by atoms with van der Waals surface area (Å²) in [5, 5.41) is 0. The van der Waals surface area contributed by atoms with Crippen LogP contribution in [0.3, 0.4) is 0 Å². The normalized spacial score (nSPS) is 11.1. The molecule has 1 aromatic heterocycles. The van der Waals surface area contributed by atoms with Crippen LogP contribution < -0.4 is 5.76 Å². The van der Waals surface area contributed by atoms with Crippen molar-refractivity contribution >= 4 is 33.7 Å². The molecule has 2 aromatic rings. The fourth-order valence-electron chi connectivity index (χ4n) is 1.56. The first-order valence-corrected chi connectivity index (χ1v) is 6.09. The minimum atomic E-state index is -0.250. The zero-order valence-corrected chi connectivity index (χ0v) is 10.7. The van der Waals surface area contributed by atoms with E-state index in [1.54, 1.807) is 4.57 Å². The molecule has 0 amide bonds. The summed E-state index contributed by atoms with van der Waals surface area (Å²) in [5.74, 6) is -0.250. The van der Waals surface area contributed by atoms with Crippen LogP contribution in [0.2, 0.25) is 0 Å². The SMILES string of the molecule is CCCCn1c(=O)oc2ccc(I)cc21. The molecule has 0 fully saturated rings. The van der Waals surface area contributed by atoms with E-state index >= 15 is 0 Å². The van der Waals surface area contributed by atoms with E-state index in [1.165, 1.54) is 0 Å². The molecule has 0 radical (unpaired) electrons. The first kappa shape index (κ1) is 10.7. The Hall–Kier alpha value is -0.780. The van der Waals surface area contributed by atoms with Gasteiger partial charge in [0, 0.05) is 10.1 Å². The van der Waals surface area contributed by atoms with Gasteiger partial charge in [0.1, 0.15) is 0 Å². The summed E-state index contributed by atoms with van der Waals surface area (Å²) in [5.41, 5.74) is 1.58. The van der Waals surface area contributed by atoms with Gasteiger partial charge in [-0.05, 0) is 47.2 Å². The third-order valence-corrected chi connectivity index (χ3v) is 3.04. The van der Waals surface area contributed by atoms with E-state index in [0.717, 1.165) is 28.5 Å². The number of benzene rings is 1. The molecule has 80 valence electrons. The van der Waals surface area contributed by atoms with Crippen LogP contribution in [0.15, 0.2) is 27.4 Å². The zero-order chi connectivity index (χ0) is 10.8. The summed E-state index contributed by atoms with van der Waals surface area (Å²) in [6.45, 7) is 2.85. The van der Waals surface area contributed by atoms with E-state index in [2.05, 4.69) is 29.5 Å². The van der Waals surface area contributed by atoms with Gasteiger partial charge in [-0.25, -0.2) is 4.79 Å². The zero-order valence-electron chi connectivity index (χ0n) is 8.50. The highest BCUT2D eigenvalue weighted by Crippen LogP contribution is 2.16. The molecule has 15 heavy (non-hydrogen) atoms. The maximum absolute atomic E-state index is 11.5. The second kappa shape index (κ2) is 4.38.